The summed E-state index contributed by atoms with van der Waals surface area (Å²) < 4.78 is 0. The first kappa shape index (κ1) is 20.0. The Morgan fingerprint density at radius 2 is 1.45 bits per heavy atom. The minimum Gasteiger partial charge on any atom is -0.342 e. The van der Waals surface area contributed by atoms with Gasteiger partial charge in [-0.15, -0.1) is 0 Å². The monoisotopic (exact) mass is 392 g/mol. The first-order chi connectivity index (χ1) is 14.2. The maximum Gasteiger partial charge on any atom is 0.240 e. The molecule has 0 radical (unpaired) electrons. The van der Waals surface area contributed by atoms with Crippen LogP contribution in [0.15, 0.2) is 48.8 Å². The van der Waals surface area contributed by atoms with Crippen LogP contribution < -0.4 is 0 Å². The Labute approximate surface area is 174 Å². The number of hydrogen-bond donors (Lipinski definition) is 0. The number of amides is 1. The predicted molar refractivity (Wildman–Crippen MR) is 115 cm³/mol. The van der Waals surface area contributed by atoms with Crippen molar-refractivity contribution < 1.29 is 4.79 Å². The number of pyridine rings is 2. The average Bonchev–Trinajstić information content (AvgIpc) is 3.34. The van der Waals surface area contributed by atoms with Crippen molar-refractivity contribution in [2.75, 3.05) is 26.2 Å². The number of hydrogen-bond acceptors (Lipinski definition) is 4. The fraction of sp³-hybridized carbons (Fsp3) is 0.542. The molecule has 4 rings (SSSR count). The van der Waals surface area contributed by atoms with Crippen LogP contribution in [0, 0.1) is 0 Å². The van der Waals surface area contributed by atoms with Crippen molar-refractivity contribution in [2.24, 2.45) is 0 Å². The van der Waals surface area contributed by atoms with Gasteiger partial charge in [-0.1, -0.05) is 18.6 Å². The zero-order chi connectivity index (χ0) is 20.1. The Morgan fingerprint density at radius 3 is 1.97 bits per heavy atom. The van der Waals surface area contributed by atoms with Gasteiger partial charge in [0.05, 0.1) is 11.4 Å². The number of carbonyl (C=O) groups is 1. The van der Waals surface area contributed by atoms with E-state index in [4.69, 9.17) is 9.97 Å². The molecule has 2 fully saturated rings. The first-order valence-electron chi connectivity index (χ1n) is 11.1. The van der Waals surface area contributed by atoms with Crippen LogP contribution in [0.5, 0.6) is 0 Å². The number of aromatic nitrogens is 2. The van der Waals surface area contributed by atoms with E-state index in [0.29, 0.717) is 6.42 Å². The van der Waals surface area contributed by atoms with Gasteiger partial charge >= 0.3 is 0 Å². The van der Waals surface area contributed by atoms with E-state index in [1.165, 1.54) is 19.3 Å². The van der Waals surface area contributed by atoms with E-state index in [1.807, 2.05) is 41.3 Å². The van der Waals surface area contributed by atoms with Crippen molar-refractivity contribution in [1.82, 2.24) is 19.8 Å². The Balaban J connectivity index is 1.79. The smallest absolute Gasteiger partial charge is 0.240 e. The van der Waals surface area contributed by atoms with Crippen molar-refractivity contribution in [1.29, 1.82) is 0 Å². The van der Waals surface area contributed by atoms with Crippen LogP contribution in [0.25, 0.3) is 0 Å². The second kappa shape index (κ2) is 9.04. The summed E-state index contributed by atoms with van der Waals surface area (Å²) in [5.74, 6) is 0.163. The standard InChI is InChI=1S/C24H32N4O/c1-20(27-15-7-2-8-16-27)19-24(21-11-3-5-13-25-21,22-12-4-6-14-26-22)23(29)28-17-9-10-18-28/h3-6,11-14,20H,2,7-10,15-19H2,1H3. The molecule has 29 heavy (non-hydrogen) atoms. The molecule has 0 bridgehead atoms. The molecule has 4 heterocycles. The van der Waals surface area contributed by atoms with Crippen molar-refractivity contribution >= 4 is 5.91 Å². The summed E-state index contributed by atoms with van der Waals surface area (Å²) in [7, 11) is 0. The Morgan fingerprint density at radius 1 is 0.897 bits per heavy atom. The van der Waals surface area contributed by atoms with Crippen molar-refractivity contribution in [2.45, 2.75) is 56.9 Å². The van der Waals surface area contributed by atoms with Gasteiger partial charge < -0.3 is 9.80 Å². The van der Waals surface area contributed by atoms with Gasteiger partial charge in [0.1, 0.15) is 5.41 Å². The second-order valence-electron chi connectivity index (χ2n) is 8.48. The number of carbonyl (C=O) groups excluding carboxylic acids is 1. The normalized spacial score (nSPS) is 19.3. The Kier molecular flexibility index (Phi) is 6.24. The molecular formula is C24H32N4O. The second-order valence-corrected chi connectivity index (χ2v) is 8.48. The molecule has 2 aromatic rings. The minimum atomic E-state index is -0.844. The molecule has 0 spiro atoms. The maximum atomic E-state index is 14.1. The van der Waals surface area contributed by atoms with E-state index < -0.39 is 5.41 Å². The van der Waals surface area contributed by atoms with Gasteiger partial charge in [-0.2, -0.15) is 0 Å². The molecule has 0 N–H and O–H groups in total. The molecule has 1 amide bonds. The molecule has 2 aliphatic heterocycles. The lowest BCUT2D eigenvalue weighted by Gasteiger charge is -2.40. The van der Waals surface area contributed by atoms with Gasteiger partial charge in [0, 0.05) is 31.5 Å². The van der Waals surface area contributed by atoms with Crippen LogP contribution in [0.1, 0.15) is 56.8 Å². The highest BCUT2D eigenvalue weighted by molar-refractivity contribution is 5.91. The quantitative estimate of drug-likeness (QED) is 0.753. The molecule has 2 aliphatic rings. The van der Waals surface area contributed by atoms with E-state index in [0.717, 1.165) is 50.4 Å². The molecule has 1 atom stereocenters. The van der Waals surface area contributed by atoms with Gasteiger partial charge in [0.25, 0.3) is 0 Å². The van der Waals surface area contributed by atoms with Crippen molar-refractivity contribution in [3.05, 3.63) is 60.2 Å². The summed E-state index contributed by atoms with van der Waals surface area (Å²) in [5, 5.41) is 0. The fourth-order valence-corrected chi connectivity index (χ4v) is 5.00. The number of rotatable bonds is 6. The largest absolute Gasteiger partial charge is 0.342 e. The molecule has 154 valence electrons. The van der Waals surface area contributed by atoms with E-state index >= 15 is 0 Å². The topological polar surface area (TPSA) is 49.3 Å². The van der Waals surface area contributed by atoms with Crippen LogP contribution in [-0.2, 0) is 10.2 Å². The average molecular weight is 393 g/mol. The van der Waals surface area contributed by atoms with Crippen LogP contribution in [0.2, 0.25) is 0 Å². The number of likely N-dealkylation sites (tertiary alicyclic amines) is 2. The lowest BCUT2D eigenvalue weighted by molar-refractivity contribution is -0.136. The van der Waals surface area contributed by atoms with Crippen LogP contribution >= 0.6 is 0 Å². The third-order valence-corrected chi connectivity index (χ3v) is 6.58. The Bertz CT molecular complexity index is 744. The fourth-order valence-electron chi connectivity index (χ4n) is 5.00. The summed E-state index contributed by atoms with van der Waals surface area (Å²) in [6.45, 7) is 6.15. The van der Waals surface area contributed by atoms with Crippen molar-refractivity contribution in [3.63, 3.8) is 0 Å². The summed E-state index contributed by atoms with van der Waals surface area (Å²) in [5.41, 5.74) is 0.794. The first-order valence-corrected chi connectivity index (χ1v) is 11.1. The Hall–Kier alpha value is -2.27. The predicted octanol–water partition coefficient (Wildman–Crippen LogP) is 3.65. The summed E-state index contributed by atoms with van der Waals surface area (Å²) in [6, 6.07) is 12.1. The zero-order valence-electron chi connectivity index (χ0n) is 17.5. The number of nitrogens with zero attached hydrogens (tertiary/aromatic N) is 4. The molecule has 2 saturated heterocycles. The third-order valence-electron chi connectivity index (χ3n) is 6.58. The van der Waals surface area contributed by atoms with E-state index in [9.17, 15) is 4.79 Å². The van der Waals surface area contributed by atoms with Gasteiger partial charge in [0.15, 0.2) is 0 Å². The van der Waals surface area contributed by atoms with Gasteiger partial charge in [-0.05, 0) is 76.4 Å². The van der Waals surface area contributed by atoms with Crippen LogP contribution in [-0.4, -0.2) is 57.9 Å². The van der Waals surface area contributed by atoms with E-state index in [-0.39, 0.29) is 11.9 Å². The molecule has 0 aromatic carbocycles. The third kappa shape index (κ3) is 4.06. The van der Waals surface area contributed by atoms with Crippen LogP contribution in [0.3, 0.4) is 0 Å². The highest BCUT2D eigenvalue weighted by atomic mass is 16.2. The SMILES string of the molecule is CC(CC(C(=O)N1CCCC1)(c1ccccn1)c1ccccn1)N1CCCCC1. The molecular weight excluding hydrogens is 360 g/mol. The zero-order valence-corrected chi connectivity index (χ0v) is 17.5. The van der Waals surface area contributed by atoms with E-state index in [2.05, 4.69) is 11.8 Å². The molecule has 1 unspecified atom stereocenters. The van der Waals surface area contributed by atoms with Gasteiger partial charge in [-0.3, -0.25) is 14.8 Å². The molecule has 2 aromatic heterocycles. The summed E-state index contributed by atoms with van der Waals surface area (Å²) in [6.07, 6.45) is 10.3. The summed E-state index contributed by atoms with van der Waals surface area (Å²) in [4.78, 5) is 28.1. The maximum absolute atomic E-state index is 14.1. The van der Waals surface area contributed by atoms with Crippen molar-refractivity contribution in [3.8, 4) is 0 Å². The van der Waals surface area contributed by atoms with Crippen LogP contribution in [0.4, 0.5) is 0 Å². The highest BCUT2D eigenvalue weighted by Gasteiger charge is 2.48. The lowest BCUT2D eigenvalue weighted by Crippen LogP contribution is -2.52. The lowest BCUT2D eigenvalue weighted by atomic mass is 9.73. The molecule has 5 nitrogen and oxygen atoms in total. The summed E-state index contributed by atoms with van der Waals surface area (Å²) >= 11 is 0. The molecule has 5 heteroatoms. The van der Waals surface area contributed by atoms with Gasteiger partial charge in [0.2, 0.25) is 5.91 Å². The van der Waals surface area contributed by atoms with E-state index in [1.54, 1.807) is 12.4 Å². The van der Waals surface area contributed by atoms with Gasteiger partial charge in [-0.25, -0.2) is 0 Å². The molecule has 0 aliphatic carbocycles. The minimum absolute atomic E-state index is 0.163. The number of piperidine rings is 1. The molecule has 0 saturated carbocycles. The highest BCUT2D eigenvalue weighted by Crippen LogP contribution is 2.39.